The topological polar surface area (TPSA) is 306 Å². The monoisotopic (exact) mass is 907 g/mol. The Labute approximate surface area is 429 Å². The van der Waals surface area contributed by atoms with Crippen molar-refractivity contribution in [2.24, 2.45) is 10.2 Å². The third-order valence-corrected chi connectivity index (χ3v) is 9.31. The average Bonchev–Trinajstić information content (AvgIpc) is 2.94. The number of fused-ring (bicyclic) bond motifs is 2. The van der Waals surface area contributed by atoms with Gasteiger partial charge in [0.2, 0.25) is 5.95 Å². The second kappa shape index (κ2) is 18.7. The van der Waals surface area contributed by atoms with E-state index in [0.717, 1.165) is 30.3 Å². The Hall–Kier alpha value is 0.589. The molecule has 51 heavy (non-hydrogen) atoms. The minimum absolute atomic E-state index is 0. The van der Waals surface area contributed by atoms with Crippen LogP contribution >= 0.6 is 11.6 Å². The van der Waals surface area contributed by atoms with Gasteiger partial charge in [0, 0.05) is 27.2 Å². The van der Waals surface area contributed by atoms with Crippen LogP contribution in [0.4, 0.5) is 37.3 Å². The zero-order valence-corrected chi connectivity index (χ0v) is 39.1. The molecular formula is C24H10ClCuF2K3N6O11S3. The fraction of sp³-hybridized carbons (Fsp3) is 0. The molecule has 1 radical (unpaired) electrons. The van der Waals surface area contributed by atoms with Gasteiger partial charge in [-0.05, 0) is 30.3 Å². The molecule has 0 atom stereocenters. The van der Waals surface area contributed by atoms with Crippen LogP contribution in [0, 0.1) is 12.0 Å². The molecule has 0 aliphatic rings. The Morgan fingerprint density at radius 3 is 1.86 bits per heavy atom. The van der Waals surface area contributed by atoms with Gasteiger partial charge in [-0.2, -0.15) is 29.0 Å². The largest absolute Gasteiger partial charge is 2.00 e. The molecule has 0 saturated heterocycles. The van der Waals surface area contributed by atoms with Crippen LogP contribution in [0.1, 0.15) is 0 Å². The van der Waals surface area contributed by atoms with Gasteiger partial charge in [-0.15, -0.1) is 0 Å². The van der Waals surface area contributed by atoms with Gasteiger partial charge in [0.05, 0.1) is 31.7 Å². The molecule has 0 bridgehead atoms. The Morgan fingerprint density at radius 1 is 0.745 bits per heavy atom. The predicted octanol–water partition coefficient (Wildman–Crippen LogP) is -6.68. The fourth-order valence-electron chi connectivity index (χ4n) is 4.39. The van der Waals surface area contributed by atoms with E-state index < -0.39 is 113 Å². The summed E-state index contributed by atoms with van der Waals surface area (Å²) in [6.45, 7) is 0. The van der Waals surface area contributed by atoms with Gasteiger partial charge in [-0.3, -0.25) is 0 Å². The molecule has 1 heterocycles. The van der Waals surface area contributed by atoms with E-state index in [1.54, 1.807) is 0 Å². The van der Waals surface area contributed by atoms with E-state index in [9.17, 15) is 57.9 Å². The standard InChI is InChI=1S/C24H15ClF2N6O11S3.Cu.3K/c25-18-22(26)30-24(27)31-23(18)29-8-1-2-9-11(5-8)14(45(36,37)38)6-13(34)20(9)33-32-12-4-3-10-15(46(39,40)41)7-16(47(42,43)44)19(28)17(10)21(12)35;;;;/h1-7,34-35H,28H2,(H,29,30,31)(H,36,37,38)(H,39,40,41)(H,42,43,44);;;;/q;+2;3*+1/p-5. The number of halogens is 3. The maximum Gasteiger partial charge on any atom is 2.00 e. The molecule has 0 aliphatic heterocycles. The van der Waals surface area contributed by atoms with Crippen LogP contribution in [0.15, 0.2) is 67.4 Å². The van der Waals surface area contributed by atoms with Gasteiger partial charge < -0.3 is 34.9 Å². The molecule has 4 aromatic carbocycles. The van der Waals surface area contributed by atoms with Crippen LogP contribution in [0.3, 0.4) is 0 Å². The first-order valence-electron chi connectivity index (χ1n) is 12.0. The second-order valence-corrected chi connectivity index (χ2v) is 13.7. The molecule has 0 amide bonds. The van der Waals surface area contributed by atoms with Gasteiger partial charge in [-0.1, -0.05) is 35.2 Å². The molecule has 5 aromatic rings. The average molecular weight is 909 g/mol. The summed E-state index contributed by atoms with van der Waals surface area (Å²) in [5.74, 6) is -4.56. The molecule has 0 spiro atoms. The smallest absolute Gasteiger partial charge is 0.871 e. The first kappa shape index (κ1) is 49.6. The van der Waals surface area contributed by atoms with Crippen molar-refractivity contribution in [2.75, 3.05) is 11.1 Å². The van der Waals surface area contributed by atoms with Gasteiger partial charge in [0.25, 0.3) is 0 Å². The van der Waals surface area contributed by atoms with Crippen molar-refractivity contribution in [1.29, 1.82) is 0 Å². The molecule has 0 saturated carbocycles. The molecule has 17 nitrogen and oxygen atoms in total. The van der Waals surface area contributed by atoms with Crippen LogP contribution in [0.25, 0.3) is 21.5 Å². The summed E-state index contributed by atoms with van der Waals surface area (Å²) in [4.78, 5) is 2.39. The van der Waals surface area contributed by atoms with Crippen molar-refractivity contribution in [2.45, 2.75) is 14.7 Å². The van der Waals surface area contributed by atoms with Crippen LogP contribution in [-0.2, 0) is 47.4 Å². The molecule has 0 unspecified atom stereocenters. The SMILES string of the molecule is Nc1c(S(=O)(=O)[O-])cc(S(=O)(=O)[O-])c2ccc(N=Nc3c([O-])cc(S(=O)(=O)[O-])c4cc(Nc5nc(F)nc(F)c5Cl)ccc34)c([O-])c12.[Cu+2].[K+].[K+].[K+]. The molecule has 27 heteroatoms. The minimum atomic E-state index is -5.51. The molecule has 3 N–H and O–H groups in total. The fourth-order valence-corrected chi connectivity index (χ4v) is 6.62. The number of hydrogen-bond acceptors (Lipinski definition) is 17. The van der Waals surface area contributed by atoms with Crippen molar-refractivity contribution >= 4 is 92.1 Å². The number of benzene rings is 4. The molecule has 255 valence electrons. The summed E-state index contributed by atoms with van der Waals surface area (Å²) < 4.78 is 134. The number of hydrogen-bond donors (Lipinski definition) is 2. The van der Waals surface area contributed by atoms with Crippen LogP contribution < -0.4 is 175 Å². The van der Waals surface area contributed by atoms with Crippen LogP contribution in [0.5, 0.6) is 11.5 Å². The molecule has 0 fully saturated rings. The van der Waals surface area contributed by atoms with E-state index in [1.165, 1.54) is 0 Å². The Kier molecular flexibility index (Phi) is 18.2. The van der Waals surface area contributed by atoms with E-state index in [0.29, 0.717) is 6.07 Å². The van der Waals surface area contributed by atoms with Gasteiger partial charge in [-0.25, -0.2) is 25.3 Å². The maximum atomic E-state index is 13.8. The number of aromatic nitrogens is 2. The first-order chi connectivity index (χ1) is 21.7. The third kappa shape index (κ3) is 10.7. The Bertz CT molecular complexity index is 2580. The van der Waals surface area contributed by atoms with Crippen molar-refractivity contribution in [3.8, 4) is 11.5 Å². The van der Waals surface area contributed by atoms with Gasteiger partial charge >= 0.3 is 177 Å². The summed E-state index contributed by atoms with van der Waals surface area (Å²) in [7, 11) is -16.3. The maximum absolute atomic E-state index is 13.8. The molecule has 5 rings (SSSR count). The zero-order chi connectivity index (χ0) is 34.8. The summed E-state index contributed by atoms with van der Waals surface area (Å²) in [5, 5.41) is 32.7. The second-order valence-electron chi connectivity index (χ2n) is 9.24. The van der Waals surface area contributed by atoms with E-state index in [-0.39, 0.29) is 188 Å². The normalized spacial score (nSPS) is 11.7. The van der Waals surface area contributed by atoms with Gasteiger partial charge in [0.15, 0.2) is 5.82 Å². The summed E-state index contributed by atoms with van der Waals surface area (Å²) in [6, 6.07) is 5.37. The quantitative estimate of drug-likeness (QED) is 0.0383. The van der Waals surface area contributed by atoms with E-state index >= 15 is 0 Å². The van der Waals surface area contributed by atoms with Crippen molar-refractivity contribution in [3.05, 3.63) is 59.5 Å². The first-order valence-corrected chi connectivity index (χ1v) is 16.6. The summed E-state index contributed by atoms with van der Waals surface area (Å²) in [5.41, 5.74) is 3.15. The molecular weight excluding hydrogens is 899 g/mol. The number of nitrogens with two attached hydrogens (primary N) is 1. The van der Waals surface area contributed by atoms with Crippen LogP contribution in [-0.4, -0.2) is 48.9 Å². The van der Waals surface area contributed by atoms with Crippen LogP contribution in [0.2, 0.25) is 5.02 Å². The van der Waals surface area contributed by atoms with E-state index in [1.807, 2.05) is 0 Å². The minimum Gasteiger partial charge on any atom is -0.871 e. The molecule has 1 aromatic heterocycles. The Morgan fingerprint density at radius 2 is 1.29 bits per heavy atom. The zero-order valence-electron chi connectivity index (χ0n) is 25.6. The van der Waals surface area contributed by atoms with E-state index in [4.69, 9.17) is 17.3 Å². The van der Waals surface area contributed by atoms with Crippen molar-refractivity contribution in [1.82, 2.24) is 9.97 Å². The predicted molar refractivity (Wildman–Crippen MR) is 150 cm³/mol. The number of rotatable bonds is 7. The van der Waals surface area contributed by atoms with E-state index in [2.05, 4.69) is 25.5 Å². The summed E-state index contributed by atoms with van der Waals surface area (Å²) >= 11 is 5.74. The number of nitrogens with one attached hydrogen (secondary N) is 1. The Balaban J connectivity index is 0.00000325. The molecule has 0 aliphatic carbocycles. The van der Waals surface area contributed by atoms with Gasteiger partial charge in [0.1, 0.15) is 35.4 Å². The third-order valence-electron chi connectivity index (χ3n) is 6.35. The number of nitrogen functional groups attached to an aromatic ring is 1. The number of azo groups is 1. The number of anilines is 3. The van der Waals surface area contributed by atoms with Crippen molar-refractivity contribution in [3.63, 3.8) is 0 Å². The van der Waals surface area contributed by atoms with Crippen molar-refractivity contribution < 1.29 is 229 Å². The summed E-state index contributed by atoms with van der Waals surface area (Å²) in [6.07, 6.45) is -1.51. The number of nitrogens with zero attached hydrogens (tertiary/aromatic N) is 4.